The number of piperidine rings is 1. The van der Waals surface area contributed by atoms with Crippen molar-refractivity contribution in [1.82, 2.24) is 20.4 Å². The van der Waals surface area contributed by atoms with Crippen LogP contribution in [0.15, 0.2) is 60.7 Å². The zero-order valence-corrected chi connectivity index (χ0v) is 20.9. The molecule has 2 aromatic rings. The van der Waals surface area contributed by atoms with Crippen molar-refractivity contribution < 1.29 is 19.1 Å². The number of amides is 3. The van der Waals surface area contributed by atoms with E-state index in [9.17, 15) is 14.4 Å². The average Bonchev–Trinajstić information content (AvgIpc) is 2.92. The van der Waals surface area contributed by atoms with Gasteiger partial charge in [-0.3, -0.25) is 9.59 Å². The largest absolute Gasteiger partial charge is 0.445 e. The molecular formula is C28H36N4O4. The van der Waals surface area contributed by atoms with Crippen LogP contribution in [0.2, 0.25) is 0 Å². The molecule has 8 nitrogen and oxygen atoms in total. The van der Waals surface area contributed by atoms with Gasteiger partial charge in [-0.25, -0.2) is 4.79 Å². The summed E-state index contributed by atoms with van der Waals surface area (Å²) >= 11 is 0. The number of hydrogen-bond donors (Lipinski definition) is 2. The molecule has 0 bridgehead atoms. The molecule has 1 unspecified atom stereocenters. The summed E-state index contributed by atoms with van der Waals surface area (Å²) in [4.78, 5) is 42.2. The Bertz CT molecular complexity index is 1020. The highest BCUT2D eigenvalue weighted by molar-refractivity contribution is 5.99. The van der Waals surface area contributed by atoms with Gasteiger partial charge in [-0.1, -0.05) is 60.7 Å². The molecule has 8 heteroatoms. The molecule has 4 rings (SSSR count). The van der Waals surface area contributed by atoms with Crippen LogP contribution in [0.3, 0.4) is 0 Å². The fourth-order valence-electron chi connectivity index (χ4n) is 5.06. The third-order valence-electron chi connectivity index (χ3n) is 7.39. The third kappa shape index (κ3) is 6.23. The number of rotatable bonds is 9. The van der Waals surface area contributed by atoms with Crippen LogP contribution in [0.4, 0.5) is 4.79 Å². The van der Waals surface area contributed by atoms with Gasteiger partial charge >= 0.3 is 6.09 Å². The lowest BCUT2D eigenvalue weighted by Gasteiger charge is -2.50. The number of piperazine rings is 1. The molecule has 2 aromatic carbocycles. The maximum absolute atomic E-state index is 13.2. The summed E-state index contributed by atoms with van der Waals surface area (Å²) in [6.07, 6.45) is 2.78. The molecule has 0 aromatic heterocycles. The molecule has 36 heavy (non-hydrogen) atoms. The smallest absolute Gasteiger partial charge is 0.407 e. The Kier molecular flexibility index (Phi) is 8.59. The van der Waals surface area contributed by atoms with Crippen LogP contribution in [0.5, 0.6) is 0 Å². The van der Waals surface area contributed by atoms with Crippen molar-refractivity contribution in [2.45, 2.75) is 50.3 Å². The minimum absolute atomic E-state index is 0.0565. The number of alkyl carbamates (subject to hydrolysis) is 1. The second-order valence-corrected chi connectivity index (χ2v) is 9.66. The normalized spacial score (nSPS) is 19.7. The highest BCUT2D eigenvalue weighted by Crippen LogP contribution is 2.32. The molecule has 1 spiro atoms. The molecule has 3 amide bonds. The number of nitrogens with one attached hydrogen (secondary N) is 2. The quantitative estimate of drug-likeness (QED) is 0.526. The van der Waals surface area contributed by atoms with Crippen molar-refractivity contribution in [2.24, 2.45) is 0 Å². The average molecular weight is 493 g/mol. The van der Waals surface area contributed by atoms with Gasteiger partial charge in [0, 0.05) is 33.2 Å². The number of benzene rings is 2. The van der Waals surface area contributed by atoms with Gasteiger partial charge < -0.3 is 25.2 Å². The van der Waals surface area contributed by atoms with Crippen LogP contribution in [-0.2, 0) is 27.4 Å². The topological polar surface area (TPSA) is 91.0 Å². The lowest BCUT2D eigenvalue weighted by atomic mass is 9.82. The fourth-order valence-corrected chi connectivity index (χ4v) is 5.06. The Labute approximate surface area is 213 Å². The molecule has 2 saturated heterocycles. The molecule has 0 aliphatic carbocycles. The van der Waals surface area contributed by atoms with Crippen molar-refractivity contribution in [2.75, 3.05) is 33.2 Å². The van der Waals surface area contributed by atoms with E-state index < -0.39 is 17.7 Å². The van der Waals surface area contributed by atoms with Crippen molar-refractivity contribution >= 4 is 17.9 Å². The first-order valence-corrected chi connectivity index (χ1v) is 12.8. The molecule has 2 aliphatic heterocycles. The van der Waals surface area contributed by atoms with Crippen LogP contribution in [0.1, 0.15) is 36.8 Å². The molecular weight excluding hydrogens is 456 g/mol. The predicted molar refractivity (Wildman–Crippen MR) is 137 cm³/mol. The number of carbonyl (C=O) groups excluding carboxylic acids is 3. The van der Waals surface area contributed by atoms with Crippen LogP contribution in [-0.4, -0.2) is 72.5 Å². The first kappa shape index (κ1) is 25.7. The zero-order chi connectivity index (χ0) is 25.4. The van der Waals surface area contributed by atoms with Crippen molar-refractivity contribution in [3.05, 3.63) is 71.8 Å². The minimum atomic E-state index is -0.768. The van der Waals surface area contributed by atoms with Crippen LogP contribution in [0, 0.1) is 0 Å². The molecule has 1 atom stereocenters. The van der Waals surface area contributed by atoms with Gasteiger partial charge in [-0.15, -0.1) is 0 Å². The standard InChI is InChI=1S/C28H36N4O4/c1-31-25(33)24(13-8-17-29-27(35)36-21-23-11-6-3-7-12-23)30-26(34)28(31)15-19-32(20-16-28)18-14-22-9-4-2-5-10-22/h2-7,9-12,24H,8,13-21H2,1H3,(H,29,35)(H,30,34). The van der Waals surface area contributed by atoms with Crippen LogP contribution < -0.4 is 10.6 Å². The molecule has 0 saturated carbocycles. The lowest BCUT2D eigenvalue weighted by molar-refractivity contribution is -0.159. The minimum Gasteiger partial charge on any atom is -0.445 e. The summed E-state index contributed by atoms with van der Waals surface area (Å²) in [5.41, 5.74) is 1.46. The Hall–Kier alpha value is -3.39. The SMILES string of the molecule is CN1C(=O)C(CCCNC(=O)OCc2ccccc2)NC(=O)C12CCN(CCc1ccccc1)CC2. The maximum Gasteiger partial charge on any atom is 0.407 e. The molecule has 2 aliphatic rings. The number of likely N-dealkylation sites (tertiary alicyclic amines) is 1. The summed E-state index contributed by atoms with van der Waals surface area (Å²) in [7, 11) is 1.76. The number of hydrogen-bond acceptors (Lipinski definition) is 5. The summed E-state index contributed by atoms with van der Waals surface area (Å²) in [6, 6.07) is 19.3. The number of ether oxygens (including phenoxy) is 1. The van der Waals surface area contributed by atoms with Gasteiger partial charge in [-0.2, -0.15) is 0 Å². The number of nitrogens with zero attached hydrogens (tertiary/aromatic N) is 2. The van der Waals surface area contributed by atoms with Gasteiger partial charge in [0.1, 0.15) is 18.2 Å². The van der Waals surface area contributed by atoms with Gasteiger partial charge in [0.15, 0.2) is 0 Å². The van der Waals surface area contributed by atoms with E-state index in [-0.39, 0.29) is 18.4 Å². The van der Waals surface area contributed by atoms with E-state index in [1.165, 1.54) is 5.56 Å². The van der Waals surface area contributed by atoms with Crippen LogP contribution >= 0.6 is 0 Å². The lowest BCUT2D eigenvalue weighted by Crippen LogP contribution is -2.71. The molecule has 0 radical (unpaired) electrons. The number of likely N-dealkylation sites (N-methyl/N-ethyl adjacent to an activating group) is 1. The molecule has 2 heterocycles. The van der Waals surface area contributed by atoms with Gasteiger partial charge in [0.25, 0.3) is 0 Å². The van der Waals surface area contributed by atoms with E-state index in [0.717, 1.165) is 31.6 Å². The Balaban J connectivity index is 1.18. The van der Waals surface area contributed by atoms with E-state index >= 15 is 0 Å². The Morgan fingerprint density at radius 3 is 2.33 bits per heavy atom. The Morgan fingerprint density at radius 2 is 1.67 bits per heavy atom. The van der Waals surface area contributed by atoms with Crippen molar-refractivity contribution in [3.8, 4) is 0 Å². The Morgan fingerprint density at radius 1 is 1.03 bits per heavy atom. The summed E-state index contributed by atoms with van der Waals surface area (Å²) in [5, 5.41) is 5.68. The highest BCUT2D eigenvalue weighted by Gasteiger charge is 2.51. The highest BCUT2D eigenvalue weighted by atomic mass is 16.5. The zero-order valence-electron chi connectivity index (χ0n) is 20.9. The first-order valence-electron chi connectivity index (χ1n) is 12.8. The monoisotopic (exact) mass is 492 g/mol. The van der Waals surface area contributed by atoms with E-state index in [0.29, 0.717) is 32.2 Å². The van der Waals surface area contributed by atoms with E-state index in [4.69, 9.17) is 4.74 Å². The maximum atomic E-state index is 13.2. The molecule has 2 fully saturated rings. The summed E-state index contributed by atoms with van der Waals surface area (Å²) in [5.74, 6) is -0.119. The summed E-state index contributed by atoms with van der Waals surface area (Å²) < 4.78 is 5.20. The van der Waals surface area contributed by atoms with E-state index in [2.05, 4.69) is 39.8 Å². The molecule has 192 valence electrons. The van der Waals surface area contributed by atoms with Gasteiger partial charge in [0.05, 0.1) is 0 Å². The second kappa shape index (κ2) is 12.0. The van der Waals surface area contributed by atoms with E-state index in [1.807, 2.05) is 36.4 Å². The van der Waals surface area contributed by atoms with Crippen molar-refractivity contribution in [1.29, 1.82) is 0 Å². The van der Waals surface area contributed by atoms with Crippen LogP contribution in [0.25, 0.3) is 0 Å². The fraction of sp³-hybridized carbons (Fsp3) is 0.464. The number of carbonyl (C=O) groups is 3. The third-order valence-corrected chi connectivity index (χ3v) is 7.39. The first-order chi connectivity index (χ1) is 17.5. The van der Waals surface area contributed by atoms with Crippen molar-refractivity contribution in [3.63, 3.8) is 0 Å². The van der Waals surface area contributed by atoms with Gasteiger partial charge in [-0.05, 0) is 43.2 Å². The summed E-state index contributed by atoms with van der Waals surface area (Å²) in [6.45, 7) is 3.11. The predicted octanol–water partition coefficient (Wildman–Crippen LogP) is 2.73. The van der Waals surface area contributed by atoms with Gasteiger partial charge in [0.2, 0.25) is 11.8 Å². The molecule has 2 N–H and O–H groups in total. The van der Waals surface area contributed by atoms with E-state index in [1.54, 1.807) is 11.9 Å². The second-order valence-electron chi connectivity index (χ2n) is 9.66.